The molecule has 12 nitrogen and oxygen atoms in total. The van der Waals surface area contributed by atoms with E-state index in [9.17, 15) is 4.79 Å². The van der Waals surface area contributed by atoms with Gasteiger partial charge in [0.05, 0.1) is 13.2 Å². The zero-order valence-corrected chi connectivity index (χ0v) is 18.4. The highest BCUT2D eigenvalue weighted by Gasteiger charge is 2.29. The molecule has 31 heavy (non-hydrogen) atoms. The highest BCUT2D eigenvalue weighted by molar-refractivity contribution is 5.84. The minimum Gasteiger partial charge on any atom is -0.463 e. The van der Waals surface area contributed by atoms with E-state index in [1.807, 2.05) is 6.92 Å². The van der Waals surface area contributed by atoms with E-state index in [0.29, 0.717) is 48.1 Å². The third-order valence-corrected chi connectivity index (χ3v) is 4.91. The first-order valence-electron chi connectivity index (χ1n) is 10.2. The lowest BCUT2D eigenvalue weighted by molar-refractivity contribution is -0.119. The molecule has 1 saturated heterocycles. The van der Waals surface area contributed by atoms with Crippen molar-refractivity contribution in [2.45, 2.75) is 53.6 Å². The molecule has 3 aromatic rings. The molecule has 166 valence electrons. The Labute approximate surface area is 179 Å². The predicted octanol–water partition coefficient (Wildman–Crippen LogP) is 1.10. The topological polar surface area (TPSA) is 137 Å². The molecule has 0 radical (unpaired) electrons. The second kappa shape index (κ2) is 8.08. The van der Waals surface area contributed by atoms with Crippen LogP contribution in [0.4, 0.5) is 5.82 Å². The van der Waals surface area contributed by atoms with Crippen LogP contribution in [0, 0.1) is 12.3 Å². The fourth-order valence-electron chi connectivity index (χ4n) is 3.42. The van der Waals surface area contributed by atoms with Gasteiger partial charge in [0.2, 0.25) is 11.6 Å². The Bertz CT molecular complexity index is 1090. The quantitative estimate of drug-likeness (QED) is 0.606. The largest absolute Gasteiger partial charge is 0.463 e. The number of fused-ring (bicyclic) bond motifs is 1. The van der Waals surface area contributed by atoms with Gasteiger partial charge in [0.15, 0.2) is 11.3 Å². The van der Waals surface area contributed by atoms with Gasteiger partial charge < -0.3 is 15.0 Å². The summed E-state index contributed by atoms with van der Waals surface area (Å²) in [6, 6.07) is 0.305. The molecule has 4 heterocycles. The van der Waals surface area contributed by atoms with Crippen LogP contribution in [0.1, 0.15) is 45.5 Å². The van der Waals surface area contributed by atoms with Gasteiger partial charge in [-0.2, -0.15) is 9.97 Å². The van der Waals surface area contributed by atoms with E-state index >= 15 is 0 Å². The summed E-state index contributed by atoms with van der Waals surface area (Å²) in [6.07, 6.45) is 0.817. The van der Waals surface area contributed by atoms with Gasteiger partial charge in [-0.3, -0.25) is 4.79 Å². The molecule has 1 aliphatic rings. The number of aromatic nitrogens is 7. The Kier molecular flexibility index (Phi) is 5.46. The van der Waals surface area contributed by atoms with Crippen LogP contribution in [0.5, 0.6) is 6.01 Å². The van der Waals surface area contributed by atoms with Crippen molar-refractivity contribution in [3.05, 3.63) is 11.4 Å². The maximum absolute atomic E-state index is 11.5. The van der Waals surface area contributed by atoms with E-state index in [-0.39, 0.29) is 23.4 Å². The summed E-state index contributed by atoms with van der Waals surface area (Å²) in [5.41, 5.74) is 2.41. The number of anilines is 1. The SMILES string of the molecule is CC(=O)N[C@H]1CCN(c2nc(OCC(C)(C)C)nc3nnn(Cc4nonc4C)c23)C1. The van der Waals surface area contributed by atoms with Crippen molar-refractivity contribution in [1.29, 1.82) is 0 Å². The molecule has 1 N–H and O–H groups in total. The van der Waals surface area contributed by atoms with Crippen molar-refractivity contribution >= 4 is 22.9 Å². The van der Waals surface area contributed by atoms with E-state index in [2.05, 4.69) is 56.6 Å². The molecule has 1 atom stereocenters. The number of nitrogens with one attached hydrogen (secondary N) is 1. The molecule has 0 spiro atoms. The van der Waals surface area contributed by atoms with E-state index in [1.54, 1.807) is 4.68 Å². The third-order valence-electron chi connectivity index (χ3n) is 4.91. The standard InChI is InChI=1S/C19H27N9O3/c1-11-14(25-31-24-11)9-28-15-16(23-26-28)21-18(30-10-19(3,4)5)22-17(15)27-7-6-13(8-27)20-12(2)29/h13H,6-10H2,1-5H3,(H,20,29)/t13-/m0/s1. The summed E-state index contributed by atoms with van der Waals surface area (Å²) in [5.74, 6) is 0.621. The Balaban J connectivity index is 1.71. The number of hydrogen-bond donors (Lipinski definition) is 1. The number of hydrogen-bond acceptors (Lipinski definition) is 10. The molecule has 0 bridgehead atoms. The van der Waals surface area contributed by atoms with Gasteiger partial charge in [0.1, 0.15) is 11.4 Å². The first-order chi connectivity index (χ1) is 14.7. The van der Waals surface area contributed by atoms with Crippen LogP contribution < -0.4 is 15.0 Å². The maximum atomic E-state index is 11.5. The van der Waals surface area contributed by atoms with Crippen molar-refractivity contribution in [1.82, 2.24) is 40.6 Å². The van der Waals surface area contributed by atoms with E-state index < -0.39 is 0 Å². The number of carbonyl (C=O) groups is 1. The fraction of sp³-hybridized carbons (Fsp3) is 0.632. The number of amides is 1. The minimum absolute atomic E-state index is 0.0439. The molecule has 4 rings (SSSR count). The lowest BCUT2D eigenvalue weighted by Gasteiger charge is -2.21. The van der Waals surface area contributed by atoms with Crippen LogP contribution in [-0.2, 0) is 11.3 Å². The number of carbonyl (C=O) groups excluding carboxylic acids is 1. The molecular weight excluding hydrogens is 402 g/mol. The number of aryl methyl sites for hydroxylation is 1. The summed E-state index contributed by atoms with van der Waals surface area (Å²) in [5, 5.41) is 19.2. The normalized spacial score (nSPS) is 16.8. The summed E-state index contributed by atoms with van der Waals surface area (Å²) in [4.78, 5) is 22.8. The van der Waals surface area contributed by atoms with Gasteiger partial charge in [-0.1, -0.05) is 36.3 Å². The number of nitrogens with zero attached hydrogens (tertiary/aromatic N) is 8. The summed E-state index contributed by atoms with van der Waals surface area (Å²) < 4.78 is 12.4. The average molecular weight is 429 g/mol. The lowest BCUT2D eigenvalue weighted by atomic mass is 9.99. The Hall–Kier alpha value is -3.31. The van der Waals surface area contributed by atoms with Crippen LogP contribution in [0.25, 0.3) is 11.2 Å². The van der Waals surface area contributed by atoms with Crippen LogP contribution in [0.2, 0.25) is 0 Å². The van der Waals surface area contributed by atoms with Crippen LogP contribution in [0.3, 0.4) is 0 Å². The predicted molar refractivity (Wildman–Crippen MR) is 111 cm³/mol. The highest BCUT2D eigenvalue weighted by atomic mass is 16.6. The lowest BCUT2D eigenvalue weighted by Crippen LogP contribution is -2.35. The first-order valence-corrected chi connectivity index (χ1v) is 10.2. The maximum Gasteiger partial charge on any atom is 0.320 e. The van der Waals surface area contributed by atoms with E-state index in [0.717, 1.165) is 13.0 Å². The van der Waals surface area contributed by atoms with Crippen molar-refractivity contribution in [2.24, 2.45) is 5.41 Å². The molecule has 0 aliphatic carbocycles. The van der Waals surface area contributed by atoms with E-state index in [4.69, 9.17) is 14.3 Å². The molecule has 0 saturated carbocycles. The second-order valence-electron chi connectivity index (χ2n) is 9.03. The Morgan fingerprint density at radius 1 is 1.29 bits per heavy atom. The smallest absolute Gasteiger partial charge is 0.320 e. The van der Waals surface area contributed by atoms with Crippen LogP contribution in [0.15, 0.2) is 4.63 Å². The van der Waals surface area contributed by atoms with Gasteiger partial charge >= 0.3 is 6.01 Å². The highest BCUT2D eigenvalue weighted by Crippen LogP contribution is 2.29. The average Bonchev–Trinajstić information content (AvgIpc) is 3.40. The molecule has 1 aliphatic heterocycles. The van der Waals surface area contributed by atoms with Gasteiger partial charge in [0, 0.05) is 26.1 Å². The van der Waals surface area contributed by atoms with Crippen molar-refractivity contribution in [3.63, 3.8) is 0 Å². The monoisotopic (exact) mass is 429 g/mol. The summed E-state index contributed by atoms with van der Waals surface area (Å²) in [7, 11) is 0. The minimum atomic E-state index is -0.0467. The summed E-state index contributed by atoms with van der Waals surface area (Å²) in [6.45, 7) is 11.7. The van der Waals surface area contributed by atoms with Gasteiger partial charge in [0.25, 0.3) is 0 Å². The number of ether oxygens (including phenoxy) is 1. The molecule has 12 heteroatoms. The molecule has 3 aromatic heterocycles. The molecule has 0 unspecified atom stereocenters. The Morgan fingerprint density at radius 3 is 2.77 bits per heavy atom. The van der Waals surface area contributed by atoms with Crippen molar-refractivity contribution < 1.29 is 14.2 Å². The summed E-state index contributed by atoms with van der Waals surface area (Å²) >= 11 is 0. The second-order valence-corrected chi connectivity index (χ2v) is 9.03. The zero-order chi connectivity index (χ0) is 22.2. The molecular formula is C19H27N9O3. The molecule has 1 amide bonds. The van der Waals surface area contributed by atoms with Crippen molar-refractivity contribution in [2.75, 3.05) is 24.6 Å². The Morgan fingerprint density at radius 2 is 2.10 bits per heavy atom. The first kappa shape index (κ1) is 20.9. The van der Waals surface area contributed by atoms with Crippen LogP contribution in [-0.4, -0.2) is 66.9 Å². The fourth-order valence-corrected chi connectivity index (χ4v) is 3.42. The van der Waals surface area contributed by atoms with Crippen molar-refractivity contribution in [3.8, 4) is 6.01 Å². The van der Waals surface area contributed by atoms with Gasteiger partial charge in [-0.05, 0) is 18.8 Å². The van der Waals surface area contributed by atoms with Gasteiger partial charge in [-0.25, -0.2) is 9.31 Å². The zero-order valence-electron chi connectivity index (χ0n) is 18.4. The molecule has 1 fully saturated rings. The third kappa shape index (κ3) is 4.72. The number of rotatable bonds is 6. The molecule has 0 aromatic carbocycles. The van der Waals surface area contributed by atoms with E-state index in [1.165, 1.54) is 6.92 Å². The van der Waals surface area contributed by atoms with Gasteiger partial charge in [-0.15, -0.1) is 5.10 Å². The van der Waals surface area contributed by atoms with Crippen LogP contribution >= 0.6 is 0 Å².